The lowest BCUT2D eigenvalue weighted by molar-refractivity contribution is 0.443. The minimum absolute atomic E-state index is 0.531. The Morgan fingerprint density at radius 3 is 1.90 bits per heavy atom. The molecule has 0 amide bonds. The van der Waals surface area contributed by atoms with Crippen LogP contribution in [-0.4, -0.2) is 0 Å². The predicted octanol–water partition coefficient (Wildman–Crippen LogP) is 5.68. The molecule has 1 fully saturated rings. The van der Waals surface area contributed by atoms with Gasteiger partial charge in [-0.05, 0) is 47.6 Å². The zero-order chi connectivity index (χ0) is 13.9. The molecule has 1 aliphatic carbocycles. The van der Waals surface area contributed by atoms with Gasteiger partial charge < -0.3 is 0 Å². The van der Waals surface area contributed by atoms with Crippen molar-refractivity contribution in [2.24, 2.45) is 0 Å². The van der Waals surface area contributed by atoms with Gasteiger partial charge in [0.2, 0.25) is 0 Å². The van der Waals surface area contributed by atoms with Gasteiger partial charge in [0.15, 0.2) is 0 Å². The number of rotatable bonds is 2. The van der Waals surface area contributed by atoms with E-state index in [4.69, 9.17) is 0 Å². The first kappa shape index (κ1) is 13.3. The summed E-state index contributed by atoms with van der Waals surface area (Å²) in [4.78, 5) is 0. The largest absolute Gasteiger partial charge is 0.207 e. The van der Waals surface area contributed by atoms with Crippen molar-refractivity contribution in [3.05, 3.63) is 59.7 Å². The van der Waals surface area contributed by atoms with Gasteiger partial charge in [0.25, 0.3) is 0 Å². The summed E-state index contributed by atoms with van der Waals surface area (Å²) in [6, 6.07) is 11.8. The zero-order valence-corrected chi connectivity index (χ0v) is 11.4. The summed E-state index contributed by atoms with van der Waals surface area (Å²) < 4.78 is 26.5. The van der Waals surface area contributed by atoms with Crippen LogP contribution < -0.4 is 0 Å². The van der Waals surface area contributed by atoms with Crippen molar-refractivity contribution in [2.75, 3.05) is 0 Å². The van der Waals surface area contributed by atoms with E-state index in [2.05, 4.69) is 12.1 Å². The van der Waals surface area contributed by atoms with Gasteiger partial charge in [0, 0.05) is 6.07 Å². The Morgan fingerprint density at radius 2 is 1.30 bits per heavy atom. The third kappa shape index (κ3) is 2.90. The minimum atomic E-state index is -0.531. The molecule has 2 heteroatoms. The monoisotopic (exact) mass is 272 g/mol. The molecule has 20 heavy (non-hydrogen) atoms. The van der Waals surface area contributed by atoms with E-state index in [0.717, 1.165) is 11.6 Å². The van der Waals surface area contributed by atoms with Crippen LogP contribution in [0.5, 0.6) is 0 Å². The maximum atomic E-state index is 13.2. The van der Waals surface area contributed by atoms with Crippen LogP contribution in [0.3, 0.4) is 0 Å². The fraction of sp³-hybridized carbons (Fsp3) is 0.333. The Kier molecular flexibility index (Phi) is 3.81. The molecule has 0 aliphatic heterocycles. The average Bonchev–Trinajstić information content (AvgIpc) is 2.47. The molecule has 3 rings (SSSR count). The second-order valence-corrected chi connectivity index (χ2v) is 5.62. The molecule has 0 spiro atoms. The molecule has 0 nitrogen and oxygen atoms in total. The van der Waals surface area contributed by atoms with Crippen LogP contribution in [0.2, 0.25) is 0 Å². The Hall–Kier alpha value is -1.70. The van der Waals surface area contributed by atoms with Gasteiger partial charge in [-0.1, -0.05) is 43.5 Å². The molecule has 2 aromatic carbocycles. The summed E-state index contributed by atoms with van der Waals surface area (Å²) in [7, 11) is 0. The summed E-state index contributed by atoms with van der Waals surface area (Å²) in [5.74, 6) is -0.408. The Labute approximate surface area is 118 Å². The van der Waals surface area contributed by atoms with Crippen LogP contribution >= 0.6 is 0 Å². The van der Waals surface area contributed by atoms with Gasteiger partial charge in [-0.3, -0.25) is 0 Å². The Bertz CT molecular complexity index is 561. The Morgan fingerprint density at radius 1 is 0.700 bits per heavy atom. The third-order valence-electron chi connectivity index (χ3n) is 4.18. The van der Waals surface area contributed by atoms with E-state index < -0.39 is 11.6 Å². The maximum absolute atomic E-state index is 13.2. The summed E-state index contributed by atoms with van der Waals surface area (Å²) in [6.45, 7) is 0. The number of hydrogen-bond acceptors (Lipinski definition) is 0. The van der Waals surface area contributed by atoms with Gasteiger partial charge in [0.1, 0.15) is 11.6 Å². The van der Waals surface area contributed by atoms with E-state index in [-0.39, 0.29) is 0 Å². The van der Waals surface area contributed by atoms with E-state index in [1.807, 2.05) is 12.1 Å². The summed E-state index contributed by atoms with van der Waals surface area (Å²) >= 11 is 0. The lowest BCUT2D eigenvalue weighted by Crippen LogP contribution is -2.04. The van der Waals surface area contributed by atoms with Crippen LogP contribution in [-0.2, 0) is 0 Å². The lowest BCUT2D eigenvalue weighted by atomic mass is 9.84. The molecule has 2 aromatic rings. The van der Waals surface area contributed by atoms with Crippen molar-refractivity contribution in [1.82, 2.24) is 0 Å². The molecule has 0 radical (unpaired) electrons. The van der Waals surface area contributed by atoms with E-state index >= 15 is 0 Å². The van der Waals surface area contributed by atoms with Crippen LogP contribution in [0, 0.1) is 11.6 Å². The third-order valence-corrected chi connectivity index (χ3v) is 4.18. The molecule has 0 atom stereocenters. The van der Waals surface area contributed by atoms with Crippen molar-refractivity contribution >= 4 is 0 Å². The minimum Gasteiger partial charge on any atom is -0.207 e. The molecule has 0 aromatic heterocycles. The topological polar surface area (TPSA) is 0 Å². The average molecular weight is 272 g/mol. The quantitative estimate of drug-likeness (QED) is 0.659. The maximum Gasteiger partial charge on any atom is 0.126 e. The normalized spacial score (nSPS) is 16.3. The van der Waals surface area contributed by atoms with Crippen molar-refractivity contribution in [1.29, 1.82) is 0 Å². The molecule has 0 heterocycles. The zero-order valence-electron chi connectivity index (χ0n) is 11.4. The molecule has 0 saturated heterocycles. The second-order valence-electron chi connectivity index (χ2n) is 5.62. The van der Waals surface area contributed by atoms with Crippen LogP contribution in [0.1, 0.15) is 43.6 Å². The van der Waals surface area contributed by atoms with E-state index in [9.17, 15) is 8.78 Å². The molecular formula is C18H18F2. The number of hydrogen-bond donors (Lipinski definition) is 0. The van der Waals surface area contributed by atoms with Gasteiger partial charge in [-0.2, -0.15) is 0 Å². The first-order chi connectivity index (χ1) is 9.72. The fourth-order valence-corrected chi connectivity index (χ4v) is 3.10. The highest BCUT2D eigenvalue weighted by molar-refractivity contribution is 5.63. The van der Waals surface area contributed by atoms with E-state index in [1.165, 1.54) is 49.8 Å². The van der Waals surface area contributed by atoms with Crippen LogP contribution in [0.15, 0.2) is 42.5 Å². The molecule has 0 unspecified atom stereocenters. The van der Waals surface area contributed by atoms with Gasteiger partial charge in [-0.25, -0.2) is 8.78 Å². The lowest BCUT2D eigenvalue weighted by Gasteiger charge is -2.22. The van der Waals surface area contributed by atoms with Crippen LogP contribution in [0.4, 0.5) is 8.78 Å². The molecular weight excluding hydrogens is 254 g/mol. The molecule has 1 aliphatic rings. The van der Waals surface area contributed by atoms with E-state index in [1.54, 1.807) is 0 Å². The SMILES string of the molecule is Fc1cc(F)cc(-c2ccc(C3CCCCC3)cc2)c1. The highest BCUT2D eigenvalue weighted by Crippen LogP contribution is 2.33. The Balaban J connectivity index is 1.85. The first-order valence-electron chi connectivity index (χ1n) is 7.29. The van der Waals surface area contributed by atoms with Gasteiger partial charge in [-0.15, -0.1) is 0 Å². The van der Waals surface area contributed by atoms with Crippen molar-refractivity contribution in [2.45, 2.75) is 38.0 Å². The smallest absolute Gasteiger partial charge is 0.126 e. The van der Waals surface area contributed by atoms with E-state index in [0.29, 0.717) is 11.5 Å². The molecule has 0 N–H and O–H groups in total. The van der Waals surface area contributed by atoms with Crippen molar-refractivity contribution in [3.8, 4) is 11.1 Å². The van der Waals surface area contributed by atoms with Crippen molar-refractivity contribution in [3.63, 3.8) is 0 Å². The highest BCUT2D eigenvalue weighted by atomic mass is 19.1. The standard InChI is InChI=1S/C18H18F2/c19-17-10-16(11-18(20)12-17)15-8-6-14(7-9-15)13-4-2-1-3-5-13/h6-13H,1-5H2. The second kappa shape index (κ2) is 5.74. The van der Waals surface area contributed by atoms with Gasteiger partial charge >= 0.3 is 0 Å². The van der Waals surface area contributed by atoms with Crippen LogP contribution in [0.25, 0.3) is 11.1 Å². The number of benzene rings is 2. The van der Waals surface area contributed by atoms with Crippen molar-refractivity contribution < 1.29 is 8.78 Å². The summed E-state index contributed by atoms with van der Waals surface area (Å²) in [5, 5.41) is 0. The predicted molar refractivity (Wildman–Crippen MR) is 77.6 cm³/mol. The highest BCUT2D eigenvalue weighted by Gasteiger charge is 2.15. The first-order valence-corrected chi connectivity index (χ1v) is 7.29. The number of halogens is 2. The van der Waals surface area contributed by atoms with Gasteiger partial charge in [0.05, 0.1) is 0 Å². The fourth-order valence-electron chi connectivity index (χ4n) is 3.10. The summed E-state index contributed by atoms with van der Waals surface area (Å²) in [5.41, 5.74) is 2.81. The summed E-state index contributed by atoms with van der Waals surface area (Å²) in [6.07, 6.45) is 6.47. The molecule has 104 valence electrons. The molecule has 0 bridgehead atoms. The molecule has 1 saturated carbocycles.